The van der Waals surface area contributed by atoms with Crippen molar-refractivity contribution in [1.29, 1.82) is 0 Å². The first-order chi connectivity index (χ1) is 8.97. The summed E-state index contributed by atoms with van der Waals surface area (Å²) in [5.41, 5.74) is 1.22. The number of nitrogens with zero attached hydrogens (tertiary/aromatic N) is 1. The van der Waals surface area contributed by atoms with Crippen LogP contribution in [0.5, 0.6) is 0 Å². The molecule has 1 N–H and O–H groups in total. The molecule has 0 bridgehead atoms. The highest BCUT2D eigenvalue weighted by atomic mass is 35.5. The van der Waals surface area contributed by atoms with Gasteiger partial charge in [0.05, 0.1) is 11.6 Å². The predicted octanol–water partition coefficient (Wildman–Crippen LogP) is 2.55. The molecule has 102 valence electrons. The molecule has 0 fully saturated rings. The maximum absolute atomic E-state index is 12.1. The summed E-state index contributed by atoms with van der Waals surface area (Å²) in [4.78, 5) is 13.8. The smallest absolute Gasteiger partial charge is 0.253 e. The SMILES string of the molecule is CC(C)N(C)C(=O)c1ccc(C#CCCO)c(Cl)c1. The number of hydrogen-bond donors (Lipinski definition) is 1. The first-order valence-corrected chi connectivity index (χ1v) is 6.51. The van der Waals surface area contributed by atoms with Gasteiger partial charge in [0, 0.05) is 30.6 Å². The molecule has 0 heterocycles. The molecule has 0 aliphatic rings. The first-order valence-electron chi connectivity index (χ1n) is 6.13. The summed E-state index contributed by atoms with van der Waals surface area (Å²) < 4.78 is 0. The molecule has 1 aromatic carbocycles. The van der Waals surface area contributed by atoms with Crippen molar-refractivity contribution in [2.75, 3.05) is 13.7 Å². The van der Waals surface area contributed by atoms with Crippen LogP contribution in [0.2, 0.25) is 5.02 Å². The van der Waals surface area contributed by atoms with E-state index in [9.17, 15) is 4.79 Å². The average molecular weight is 280 g/mol. The van der Waals surface area contributed by atoms with Gasteiger partial charge in [0.15, 0.2) is 0 Å². The fraction of sp³-hybridized carbons (Fsp3) is 0.400. The normalized spacial score (nSPS) is 10.0. The Morgan fingerprint density at radius 2 is 2.16 bits per heavy atom. The van der Waals surface area contributed by atoms with E-state index in [1.807, 2.05) is 13.8 Å². The molecule has 1 amide bonds. The second kappa shape index (κ2) is 7.18. The lowest BCUT2D eigenvalue weighted by molar-refractivity contribution is 0.0755. The highest BCUT2D eigenvalue weighted by molar-refractivity contribution is 6.32. The second-order valence-electron chi connectivity index (χ2n) is 4.48. The van der Waals surface area contributed by atoms with E-state index < -0.39 is 0 Å². The Labute approximate surface area is 119 Å². The lowest BCUT2D eigenvalue weighted by Crippen LogP contribution is -2.32. The third kappa shape index (κ3) is 4.27. The van der Waals surface area contributed by atoms with Crippen LogP contribution in [0.1, 0.15) is 36.2 Å². The van der Waals surface area contributed by atoms with E-state index in [1.54, 1.807) is 30.1 Å². The van der Waals surface area contributed by atoms with Crippen molar-refractivity contribution in [1.82, 2.24) is 4.90 Å². The monoisotopic (exact) mass is 279 g/mol. The number of halogens is 1. The Morgan fingerprint density at radius 1 is 1.47 bits per heavy atom. The lowest BCUT2D eigenvalue weighted by atomic mass is 10.1. The van der Waals surface area contributed by atoms with Gasteiger partial charge >= 0.3 is 0 Å². The predicted molar refractivity (Wildman–Crippen MR) is 77.3 cm³/mol. The van der Waals surface area contributed by atoms with Crippen LogP contribution in [0.15, 0.2) is 18.2 Å². The van der Waals surface area contributed by atoms with Crippen molar-refractivity contribution in [3.63, 3.8) is 0 Å². The van der Waals surface area contributed by atoms with Crippen LogP contribution in [0.3, 0.4) is 0 Å². The van der Waals surface area contributed by atoms with Crippen molar-refractivity contribution in [3.05, 3.63) is 34.3 Å². The van der Waals surface area contributed by atoms with Gasteiger partial charge in [0.25, 0.3) is 5.91 Å². The van der Waals surface area contributed by atoms with E-state index >= 15 is 0 Å². The Kier molecular flexibility index (Phi) is 5.88. The maximum atomic E-state index is 12.1. The van der Waals surface area contributed by atoms with E-state index in [0.717, 1.165) is 0 Å². The molecule has 4 heteroatoms. The molecule has 0 atom stereocenters. The number of aliphatic hydroxyl groups is 1. The van der Waals surface area contributed by atoms with Crippen LogP contribution in [0.25, 0.3) is 0 Å². The summed E-state index contributed by atoms with van der Waals surface area (Å²) in [5, 5.41) is 9.11. The number of aliphatic hydroxyl groups excluding tert-OH is 1. The molecule has 1 aromatic rings. The molecule has 1 rings (SSSR count). The molecule has 0 radical (unpaired) electrons. The van der Waals surface area contributed by atoms with Crippen molar-refractivity contribution in [2.24, 2.45) is 0 Å². The van der Waals surface area contributed by atoms with Gasteiger partial charge in [0.2, 0.25) is 0 Å². The zero-order chi connectivity index (χ0) is 14.4. The maximum Gasteiger partial charge on any atom is 0.253 e. The Balaban J connectivity index is 2.95. The van der Waals surface area contributed by atoms with Crippen LogP contribution in [0, 0.1) is 11.8 Å². The molecule has 0 aliphatic carbocycles. The topological polar surface area (TPSA) is 40.5 Å². The van der Waals surface area contributed by atoms with Crippen LogP contribution in [0.4, 0.5) is 0 Å². The second-order valence-corrected chi connectivity index (χ2v) is 4.89. The number of carbonyl (C=O) groups excluding carboxylic acids is 1. The van der Waals surface area contributed by atoms with Crippen LogP contribution in [-0.2, 0) is 0 Å². The van der Waals surface area contributed by atoms with E-state index in [0.29, 0.717) is 22.6 Å². The summed E-state index contributed by atoms with van der Waals surface area (Å²) in [6.45, 7) is 3.93. The van der Waals surface area contributed by atoms with Crippen LogP contribution in [-0.4, -0.2) is 35.6 Å². The van der Waals surface area contributed by atoms with Gasteiger partial charge in [-0.1, -0.05) is 23.4 Å². The van der Waals surface area contributed by atoms with Crippen molar-refractivity contribution >= 4 is 17.5 Å². The van der Waals surface area contributed by atoms with E-state index in [4.69, 9.17) is 16.7 Å². The zero-order valence-corrected chi connectivity index (χ0v) is 12.2. The molecule has 0 saturated heterocycles. The summed E-state index contributed by atoms with van der Waals surface area (Å²) in [6, 6.07) is 5.21. The highest BCUT2D eigenvalue weighted by Crippen LogP contribution is 2.18. The van der Waals surface area contributed by atoms with Gasteiger partial charge in [-0.3, -0.25) is 4.79 Å². The van der Waals surface area contributed by atoms with Gasteiger partial charge in [-0.2, -0.15) is 0 Å². The van der Waals surface area contributed by atoms with E-state index in [-0.39, 0.29) is 18.6 Å². The molecule has 0 unspecified atom stereocenters. The molecule has 0 spiro atoms. The average Bonchev–Trinajstić information content (AvgIpc) is 2.39. The minimum absolute atomic E-state index is 0.0281. The fourth-order valence-corrected chi connectivity index (χ4v) is 1.63. The molecular formula is C15H18ClNO2. The van der Waals surface area contributed by atoms with Crippen molar-refractivity contribution in [2.45, 2.75) is 26.3 Å². The van der Waals surface area contributed by atoms with Gasteiger partial charge in [-0.05, 0) is 32.0 Å². The largest absolute Gasteiger partial charge is 0.395 e. The van der Waals surface area contributed by atoms with Crippen LogP contribution >= 0.6 is 11.6 Å². The summed E-state index contributed by atoms with van der Waals surface area (Å²) in [5.74, 6) is 5.60. The van der Waals surface area contributed by atoms with Gasteiger partial charge < -0.3 is 10.0 Å². The lowest BCUT2D eigenvalue weighted by Gasteiger charge is -2.21. The summed E-state index contributed by atoms with van der Waals surface area (Å²) in [6.07, 6.45) is 0.410. The van der Waals surface area contributed by atoms with Crippen molar-refractivity contribution < 1.29 is 9.90 Å². The molecular weight excluding hydrogens is 262 g/mol. The fourth-order valence-electron chi connectivity index (χ4n) is 1.40. The molecule has 0 aliphatic heterocycles. The minimum Gasteiger partial charge on any atom is -0.395 e. The molecule has 0 saturated carbocycles. The van der Waals surface area contributed by atoms with Gasteiger partial charge in [-0.15, -0.1) is 0 Å². The zero-order valence-electron chi connectivity index (χ0n) is 11.4. The first kappa shape index (κ1) is 15.6. The van der Waals surface area contributed by atoms with Gasteiger partial charge in [0.1, 0.15) is 0 Å². The molecule has 0 aromatic heterocycles. The van der Waals surface area contributed by atoms with Crippen molar-refractivity contribution in [3.8, 4) is 11.8 Å². The summed E-state index contributed by atoms with van der Waals surface area (Å²) >= 11 is 6.10. The molecule has 3 nitrogen and oxygen atoms in total. The third-order valence-electron chi connectivity index (χ3n) is 2.77. The third-order valence-corrected chi connectivity index (χ3v) is 3.08. The number of rotatable bonds is 3. The number of benzene rings is 1. The molecule has 19 heavy (non-hydrogen) atoms. The van der Waals surface area contributed by atoms with E-state index in [1.165, 1.54) is 0 Å². The van der Waals surface area contributed by atoms with Crippen LogP contribution < -0.4 is 0 Å². The number of hydrogen-bond acceptors (Lipinski definition) is 2. The Morgan fingerprint density at radius 3 is 2.68 bits per heavy atom. The quantitative estimate of drug-likeness (QED) is 0.864. The number of amides is 1. The van der Waals surface area contributed by atoms with Gasteiger partial charge in [-0.25, -0.2) is 0 Å². The standard InChI is InChI=1S/C15H18ClNO2/c1-11(2)17(3)15(19)13-8-7-12(14(16)10-13)6-4-5-9-18/h7-8,10-11,18H,5,9H2,1-3H3. The Bertz CT molecular complexity index is 515. The Hall–Kier alpha value is -1.50. The summed E-state index contributed by atoms with van der Waals surface area (Å²) in [7, 11) is 1.76. The number of carbonyl (C=O) groups is 1. The van der Waals surface area contributed by atoms with E-state index in [2.05, 4.69) is 11.8 Å². The minimum atomic E-state index is -0.0632. The highest BCUT2D eigenvalue weighted by Gasteiger charge is 2.15.